The van der Waals surface area contributed by atoms with Crippen molar-refractivity contribution in [2.24, 2.45) is 0 Å². The fourth-order valence-corrected chi connectivity index (χ4v) is 3.17. The number of rotatable bonds is 2. The van der Waals surface area contributed by atoms with Crippen LogP contribution in [-0.2, 0) is 0 Å². The average molecular weight is 293 g/mol. The summed E-state index contributed by atoms with van der Waals surface area (Å²) in [5, 5.41) is 19.7. The minimum absolute atomic E-state index is 0.0759. The van der Waals surface area contributed by atoms with Gasteiger partial charge in [-0.05, 0) is 18.9 Å². The van der Waals surface area contributed by atoms with Crippen molar-refractivity contribution in [3.63, 3.8) is 0 Å². The largest absolute Gasteiger partial charge is 0.357 e. The zero-order chi connectivity index (χ0) is 13.8. The SMILES string of the molecule is N#Cc1cc([N+](=O)[O-])ccc1SC(=S)N1CCCC1. The number of benzene rings is 1. The molecule has 1 aromatic rings. The molecule has 1 fully saturated rings. The molecule has 0 unspecified atom stereocenters. The minimum atomic E-state index is -0.506. The molecule has 0 amide bonds. The molecule has 0 N–H and O–H groups in total. The van der Waals surface area contributed by atoms with Gasteiger partial charge in [0.1, 0.15) is 10.4 Å². The van der Waals surface area contributed by atoms with Gasteiger partial charge in [0, 0.05) is 30.1 Å². The van der Waals surface area contributed by atoms with Crippen LogP contribution in [0.15, 0.2) is 23.1 Å². The second kappa shape index (κ2) is 5.99. The van der Waals surface area contributed by atoms with Gasteiger partial charge in [-0.2, -0.15) is 5.26 Å². The van der Waals surface area contributed by atoms with Gasteiger partial charge in [-0.3, -0.25) is 10.1 Å². The Bertz CT molecular complexity index is 563. The van der Waals surface area contributed by atoms with E-state index in [2.05, 4.69) is 4.90 Å². The summed E-state index contributed by atoms with van der Waals surface area (Å²) >= 11 is 6.66. The van der Waals surface area contributed by atoms with Crippen LogP contribution in [0.5, 0.6) is 0 Å². The summed E-state index contributed by atoms with van der Waals surface area (Å²) in [6.45, 7) is 1.89. The van der Waals surface area contributed by atoms with Crippen molar-refractivity contribution in [3.05, 3.63) is 33.9 Å². The van der Waals surface area contributed by atoms with Gasteiger partial charge in [0.05, 0.1) is 10.5 Å². The molecule has 1 aliphatic heterocycles. The number of hydrogen-bond acceptors (Lipinski definition) is 5. The fourth-order valence-electron chi connectivity index (χ4n) is 1.87. The molecule has 0 bridgehead atoms. The summed E-state index contributed by atoms with van der Waals surface area (Å²) in [5.74, 6) is 0. The standard InChI is InChI=1S/C12H11N3O2S2/c13-8-9-7-10(15(16)17)3-4-11(9)19-12(18)14-5-1-2-6-14/h3-4,7H,1-2,5-6H2. The van der Waals surface area contributed by atoms with E-state index < -0.39 is 4.92 Å². The van der Waals surface area contributed by atoms with Crippen LogP contribution in [0, 0.1) is 21.4 Å². The highest BCUT2D eigenvalue weighted by Gasteiger charge is 2.18. The number of hydrogen-bond donors (Lipinski definition) is 0. The Morgan fingerprint density at radius 3 is 2.74 bits per heavy atom. The summed E-state index contributed by atoms with van der Waals surface area (Å²) in [6.07, 6.45) is 2.26. The van der Waals surface area contributed by atoms with Crippen LogP contribution in [0.4, 0.5) is 5.69 Å². The molecule has 0 aliphatic carbocycles. The first-order valence-corrected chi connectivity index (χ1v) is 6.99. The molecule has 0 saturated carbocycles. The maximum absolute atomic E-state index is 10.7. The highest BCUT2D eigenvalue weighted by atomic mass is 32.2. The first kappa shape index (κ1) is 13.8. The lowest BCUT2D eigenvalue weighted by molar-refractivity contribution is -0.384. The average Bonchev–Trinajstić information content (AvgIpc) is 2.92. The summed E-state index contributed by atoms with van der Waals surface area (Å²) in [6, 6.07) is 6.26. The maximum Gasteiger partial charge on any atom is 0.270 e. The van der Waals surface area contributed by atoms with Gasteiger partial charge in [0.2, 0.25) is 0 Å². The number of thioether (sulfide) groups is 1. The van der Waals surface area contributed by atoms with E-state index in [0.717, 1.165) is 30.3 Å². The predicted octanol–water partition coefficient (Wildman–Crippen LogP) is 2.94. The molecule has 7 heteroatoms. The molecule has 0 spiro atoms. The van der Waals surface area contributed by atoms with E-state index in [1.807, 2.05) is 6.07 Å². The zero-order valence-electron chi connectivity index (χ0n) is 10.0. The topological polar surface area (TPSA) is 70.2 Å². The smallest absolute Gasteiger partial charge is 0.270 e. The first-order valence-electron chi connectivity index (χ1n) is 5.77. The second-order valence-electron chi connectivity index (χ2n) is 4.11. The Balaban J connectivity index is 2.18. The van der Waals surface area contributed by atoms with E-state index in [0.29, 0.717) is 10.5 Å². The number of non-ortho nitro benzene ring substituents is 1. The molecule has 2 rings (SSSR count). The molecule has 0 aromatic heterocycles. The third-order valence-electron chi connectivity index (χ3n) is 2.86. The number of nitrogens with zero attached hydrogens (tertiary/aromatic N) is 3. The van der Waals surface area contributed by atoms with Crippen LogP contribution in [-0.4, -0.2) is 27.2 Å². The number of thiocarbonyl (C=S) groups is 1. The number of likely N-dealkylation sites (tertiary alicyclic amines) is 1. The van der Waals surface area contributed by atoms with Crippen LogP contribution < -0.4 is 0 Å². The molecule has 1 saturated heterocycles. The quantitative estimate of drug-likeness (QED) is 0.361. The summed E-state index contributed by atoms with van der Waals surface area (Å²) in [7, 11) is 0. The number of nitro benzene ring substituents is 1. The summed E-state index contributed by atoms with van der Waals surface area (Å²) in [5.41, 5.74) is 0.216. The lowest BCUT2D eigenvalue weighted by Gasteiger charge is -2.17. The molecular formula is C12H11N3O2S2. The van der Waals surface area contributed by atoms with E-state index in [1.54, 1.807) is 6.07 Å². The highest BCUT2D eigenvalue weighted by molar-refractivity contribution is 8.23. The van der Waals surface area contributed by atoms with E-state index in [4.69, 9.17) is 17.5 Å². The summed E-state index contributed by atoms with van der Waals surface area (Å²) in [4.78, 5) is 12.9. The van der Waals surface area contributed by atoms with Crippen molar-refractivity contribution in [1.29, 1.82) is 5.26 Å². The predicted molar refractivity (Wildman–Crippen MR) is 77.1 cm³/mol. The van der Waals surface area contributed by atoms with Crippen LogP contribution in [0.3, 0.4) is 0 Å². The zero-order valence-corrected chi connectivity index (χ0v) is 11.7. The first-order chi connectivity index (χ1) is 9.11. The maximum atomic E-state index is 10.7. The third-order valence-corrected chi connectivity index (χ3v) is 4.37. The van der Waals surface area contributed by atoms with Gasteiger partial charge in [0.25, 0.3) is 5.69 Å². The molecule has 0 atom stereocenters. The number of nitriles is 1. The van der Waals surface area contributed by atoms with Gasteiger partial charge in [-0.25, -0.2) is 0 Å². The minimum Gasteiger partial charge on any atom is -0.357 e. The Labute approximate surface area is 120 Å². The lowest BCUT2D eigenvalue weighted by Crippen LogP contribution is -2.23. The van der Waals surface area contributed by atoms with Crippen molar-refractivity contribution in [3.8, 4) is 6.07 Å². The van der Waals surface area contributed by atoms with E-state index in [-0.39, 0.29) is 5.69 Å². The van der Waals surface area contributed by atoms with Gasteiger partial charge in [-0.1, -0.05) is 24.0 Å². The highest BCUT2D eigenvalue weighted by Crippen LogP contribution is 2.29. The second-order valence-corrected chi connectivity index (χ2v) is 5.79. The van der Waals surface area contributed by atoms with Crippen molar-refractivity contribution < 1.29 is 4.92 Å². The van der Waals surface area contributed by atoms with Crippen molar-refractivity contribution in [1.82, 2.24) is 4.90 Å². The molecule has 1 aromatic carbocycles. The Kier molecular flexibility index (Phi) is 4.35. The number of nitro groups is 1. The molecule has 98 valence electrons. The van der Waals surface area contributed by atoms with E-state index >= 15 is 0 Å². The normalized spacial score (nSPS) is 14.2. The van der Waals surface area contributed by atoms with Crippen LogP contribution >= 0.6 is 24.0 Å². The van der Waals surface area contributed by atoms with Crippen molar-refractivity contribution >= 4 is 34.0 Å². The third kappa shape index (κ3) is 3.22. The van der Waals surface area contributed by atoms with Crippen LogP contribution in [0.25, 0.3) is 0 Å². The van der Waals surface area contributed by atoms with Gasteiger partial charge in [-0.15, -0.1) is 0 Å². The van der Waals surface area contributed by atoms with Crippen molar-refractivity contribution in [2.45, 2.75) is 17.7 Å². The molecule has 1 heterocycles. The van der Waals surface area contributed by atoms with Gasteiger partial charge >= 0.3 is 0 Å². The molecule has 5 nitrogen and oxygen atoms in total. The lowest BCUT2D eigenvalue weighted by atomic mass is 10.2. The Morgan fingerprint density at radius 2 is 2.16 bits per heavy atom. The van der Waals surface area contributed by atoms with Gasteiger partial charge < -0.3 is 4.90 Å². The van der Waals surface area contributed by atoms with E-state index in [1.165, 1.54) is 23.9 Å². The monoisotopic (exact) mass is 293 g/mol. The summed E-state index contributed by atoms with van der Waals surface area (Å²) < 4.78 is 0.725. The van der Waals surface area contributed by atoms with Gasteiger partial charge in [0.15, 0.2) is 0 Å². The van der Waals surface area contributed by atoms with E-state index in [9.17, 15) is 10.1 Å². The molecule has 0 radical (unpaired) electrons. The van der Waals surface area contributed by atoms with Crippen LogP contribution in [0.2, 0.25) is 0 Å². The molecule has 1 aliphatic rings. The van der Waals surface area contributed by atoms with Crippen molar-refractivity contribution in [2.75, 3.05) is 13.1 Å². The van der Waals surface area contributed by atoms with Crippen LogP contribution in [0.1, 0.15) is 18.4 Å². The fraction of sp³-hybridized carbons (Fsp3) is 0.333. The Morgan fingerprint density at radius 1 is 1.47 bits per heavy atom. The molecular weight excluding hydrogens is 282 g/mol. The molecule has 19 heavy (non-hydrogen) atoms. The Hall–Kier alpha value is -1.65.